The number of aliphatic carboxylic acids is 1. The molecule has 2 aromatic rings. The van der Waals surface area contributed by atoms with Crippen LogP contribution < -0.4 is 4.87 Å². The van der Waals surface area contributed by atoms with Crippen LogP contribution in [0, 0.1) is 29.6 Å². The molecular weight excluding hydrogens is 440 g/mol. The number of hydrogen-bond donors (Lipinski definition) is 3. The number of phenols is 1. The number of amides is 2. The number of imide groups is 1. The van der Waals surface area contributed by atoms with Crippen molar-refractivity contribution in [2.45, 2.75) is 22.6 Å². The summed E-state index contributed by atoms with van der Waals surface area (Å²) in [5.41, 5.74) is 0.966. The van der Waals surface area contributed by atoms with Crippen molar-refractivity contribution in [3.8, 4) is 5.75 Å². The lowest BCUT2D eigenvalue weighted by Crippen LogP contribution is -2.42. The molecule has 7 atom stereocenters. The number of aromatic hydroxyl groups is 1. The van der Waals surface area contributed by atoms with E-state index in [1.165, 1.54) is 11.3 Å². The topological polar surface area (TPSA) is 128 Å². The molecule has 2 aliphatic carbocycles. The zero-order chi connectivity index (χ0) is 21.6. The Bertz CT molecular complexity index is 1190. The molecule has 4 aliphatic rings. The Morgan fingerprint density at radius 3 is 2.45 bits per heavy atom. The van der Waals surface area contributed by atoms with Gasteiger partial charge in [0.05, 0.1) is 16.9 Å². The minimum Gasteiger partial charge on any atom is -0.508 e. The van der Waals surface area contributed by atoms with E-state index in [0.717, 1.165) is 26.8 Å². The number of likely N-dealkylation sites (tertiary alicyclic amines) is 1. The molecule has 8 nitrogen and oxygen atoms in total. The lowest BCUT2D eigenvalue weighted by molar-refractivity contribution is -0.149. The summed E-state index contributed by atoms with van der Waals surface area (Å²) in [6.45, 7) is -0.589. The van der Waals surface area contributed by atoms with E-state index in [4.69, 9.17) is 5.11 Å². The van der Waals surface area contributed by atoms with Gasteiger partial charge in [-0.2, -0.15) is 0 Å². The fourth-order valence-electron chi connectivity index (χ4n) is 6.42. The van der Waals surface area contributed by atoms with Gasteiger partial charge in [0.1, 0.15) is 12.3 Å². The largest absolute Gasteiger partial charge is 0.508 e. The molecule has 10 heteroatoms. The van der Waals surface area contributed by atoms with E-state index in [1.807, 2.05) is 12.1 Å². The third-order valence-corrected chi connectivity index (χ3v) is 9.95. The van der Waals surface area contributed by atoms with E-state index >= 15 is 0 Å². The van der Waals surface area contributed by atoms with E-state index in [2.05, 4.69) is 4.98 Å². The lowest BCUT2D eigenvalue weighted by Gasteiger charge is -2.43. The SMILES string of the molecule is O=C(O)CN1C(=O)[C@@H]2[C@H]3C[C@@H]([C@@H]2C1=O)[C@@H]1[C@@H](c2ccc(O)cc2)c2sc(=O)[nH]c2S[C@@H]31. The standard InChI is InChI=1S/C21H18N2O6S2/c24-8-3-1-7(2-4-8)12-13-9-5-10(16(13)30-18-17(12)31-21(29)22-18)15-14(9)19(27)23(20(15)28)6-11(25)26/h1-4,9-10,12-16,24H,5-6H2,(H,22,29)(H,25,26)/t9-,10-,12-,13-,14+,15-,16+/m1/s1. The Labute approximate surface area is 184 Å². The summed E-state index contributed by atoms with van der Waals surface area (Å²) in [6.07, 6.45) is 0.754. The summed E-state index contributed by atoms with van der Waals surface area (Å²) in [5, 5.41) is 19.8. The van der Waals surface area contributed by atoms with E-state index in [1.54, 1.807) is 23.9 Å². The van der Waals surface area contributed by atoms with Crippen molar-refractivity contribution < 1.29 is 24.6 Å². The van der Waals surface area contributed by atoms with Crippen molar-refractivity contribution in [3.63, 3.8) is 0 Å². The van der Waals surface area contributed by atoms with Crippen molar-refractivity contribution in [2.75, 3.05) is 6.54 Å². The fraction of sp³-hybridized carbons (Fsp3) is 0.429. The number of aromatic amines is 1. The van der Waals surface area contributed by atoms with E-state index in [0.29, 0.717) is 0 Å². The van der Waals surface area contributed by atoms with Gasteiger partial charge in [-0.15, -0.1) is 11.8 Å². The summed E-state index contributed by atoms with van der Waals surface area (Å²) in [5.74, 6) is -2.87. The Morgan fingerprint density at radius 2 is 1.77 bits per heavy atom. The number of carboxylic acid groups (broad SMARTS) is 1. The first kappa shape index (κ1) is 19.1. The van der Waals surface area contributed by atoms with Gasteiger partial charge in [0.2, 0.25) is 11.8 Å². The molecule has 0 unspecified atom stereocenters. The zero-order valence-corrected chi connectivity index (χ0v) is 17.7. The van der Waals surface area contributed by atoms with Crippen molar-refractivity contribution in [3.05, 3.63) is 44.4 Å². The van der Waals surface area contributed by atoms with Gasteiger partial charge in [-0.3, -0.25) is 24.1 Å². The molecule has 0 radical (unpaired) electrons. The molecule has 1 saturated heterocycles. The van der Waals surface area contributed by atoms with Crippen molar-refractivity contribution in [1.29, 1.82) is 0 Å². The highest BCUT2D eigenvalue weighted by molar-refractivity contribution is 8.00. The molecule has 6 rings (SSSR count). The highest BCUT2D eigenvalue weighted by Gasteiger charge is 2.69. The van der Waals surface area contributed by atoms with Crippen molar-refractivity contribution in [1.82, 2.24) is 9.88 Å². The van der Waals surface area contributed by atoms with Crippen LogP contribution in [-0.4, -0.2) is 49.7 Å². The second-order valence-corrected chi connectivity index (χ2v) is 10.9. The highest BCUT2D eigenvalue weighted by Crippen LogP contribution is 2.68. The number of benzene rings is 1. The summed E-state index contributed by atoms with van der Waals surface area (Å²) in [6, 6.07) is 6.94. The molecule has 3 fully saturated rings. The quantitative estimate of drug-likeness (QED) is 0.597. The Morgan fingerprint density at radius 1 is 1.10 bits per heavy atom. The number of hydrogen-bond acceptors (Lipinski definition) is 7. The van der Waals surface area contributed by atoms with Crippen LogP contribution in [-0.2, 0) is 14.4 Å². The van der Waals surface area contributed by atoms with Gasteiger partial charge < -0.3 is 15.2 Å². The molecule has 2 bridgehead atoms. The van der Waals surface area contributed by atoms with Gasteiger partial charge in [-0.1, -0.05) is 23.5 Å². The molecule has 160 valence electrons. The Hall–Kier alpha value is -2.59. The van der Waals surface area contributed by atoms with Gasteiger partial charge in [-0.05, 0) is 41.9 Å². The van der Waals surface area contributed by atoms with Crippen LogP contribution in [0.25, 0.3) is 0 Å². The number of carbonyl (C=O) groups excluding carboxylic acids is 2. The van der Waals surface area contributed by atoms with E-state index in [9.17, 15) is 24.3 Å². The second kappa shape index (κ2) is 6.46. The third-order valence-electron chi connectivity index (χ3n) is 7.36. The molecule has 3 N–H and O–H groups in total. The van der Waals surface area contributed by atoms with Crippen molar-refractivity contribution >= 4 is 40.9 Å². The Kier molecular flexibility index (Phi) is 3.98. The fourth-order valence-corrected chi connectivity index (χ4v) is 9.31. The van der Waals surface area contributed by atoms with E-state index in [-0.39, 0.29) is 51.4 Å². The maximum absolute atomic E-state index is 13.1. The summed E-state index contributed by atoms with van der Waals surface area (Å²) in [7, 11) is 0. The summed E-state index contributed by atoms with van der Waals surface area (Å²) >= 11 is 2.76. The minimum atomic E-state index is -1.19. The number of carboxylic acids is 1. The molecule has 31 heavy (non-hydrogen) atoms. The van der Waals surface area contributed by atoms with Crippen LogP contribution in [0.4, 0.5) is 0 Å². The zero-order valence-electron chi connectivity index (χ0n) is 16.1. The number of phenolic OH excluding ortho intramolecular Hbond substituents is 1. The molecule has 2 saturated carbocycles. The maximum Gasteiger partial charge on any atom is 0.323 e. The number of nitrogens with zero attached hydrogens (tertiary/aromatic N) is 1. The molecule has 3 heterocycles. The van der Waals surface area contributed by atoms with E-state index < -0.39 is 24.3 Å². The normalized spacial score (nSPS) is 35.2. The van der Waals surface area contributed by atoms with Crippen LogP contribution in [0.1, 0.15) is 22.8 Å². The summed E-state index contributed by atoms with van der Waals surface area (Å²) in [4.78, 5) is 54.1. The minimum absolute atomic E-state index is 0.0311. The van der Waals surface area contributed by atoms with Crippen LogP contribution in [0.2, 0.25) is 0 Å². The first-order chi connectivity index (χ1) is 14.8. The van der Waals surface area contributed by atoms with Gasteiger partial charge in [-0.25, -0.2) is 0 Å². The molecule has 1 aromatic heterocycles. The third kappa shape index (κ3) is 2.54. The molecule has 0 spiro atoms. The van der Waals surface area contributed by atoms with Gasteiger partial charge in [0.25, 0.3) is 0 Å². The summed E-state index contributed by atoms with van der Waals surface area (Å²) < 4.78 is 0. The van der Waals surface area contributed by atoms with Gasteiger partial charge in [0.15, 0.2) is 0 Å². The number of rotatable bonds is 3. The van der Waals surface area contributed by atoms with Crippen LogP contribution in [0.15, 0.2) is 34.1 Å². The number of fused-ring (bicyclic) bond motifs is 9. The first-order valence-corrected chi connectivity index (χ1v) is 11.8. The van der Waals surface area contributed by atoms with Crippen LogP contribution >= 0.6 is 23.1 Å². The maximum atomic E-state index is 13.1. The average Bonchev–Trinajstić information content (AvgIpc) is 3.44. The van der Waals surface area contributed by atoms with Crippen LogP contribution in [0.5, 0.6) is 5.75 Å². The monoisotopic (exact) mass is 458 g/mol. The van der Waals surface area contributed by atoms with Crippen molar-refractivity contribution in [2.24, 2.45) is 29.6 Å². The molecule has 1 aromatic carbocycles. The molecular formula is C21H18N2O6S2. The second-order valence-electron chi connectivity index (χ2n) is 8.71. The predicted octanol–water partition coefficient (Wildman–Crippen LogP) is 1.70. The first-order valence-electron chi connectivity index (χ1n) is 10.1. The molecule has 2 aliphatic heterocycles. The molecule has 2 amide bonds. The number of nitrogens with one attached hydrogen (secondary N) is 1. The van der Waals surface area contributed by atoms with Gasteiger partial charge in [0, 0.05) is 16.0 Å². The lowest BCUT2D eigenvalue weighted by atomic mass is 9.68. The number of H-pyrrole nitrogens is 1. The highest BCUT2D eigenvalue weighted by atomic mass is 32.2. The smallest absolute Gasteiger partial charge is 0.323 e. The number of carbonyl (C=O) groups is 3. The predicted molar refractivity (Wildman–Crippen MR) is 111 cm³/mol. The Balaban J connectivity index is 1.45. The average molecular weight is 459 g/mol. The van der Waals surface area contributed by atoms with Crippen LogP contribution in [0.3, 0.4) is 0 Å². The number of thioether (sulfide) groups is 1. The number of aromatic nitrogens is 1. The van der Waals surface area contributed by atoms with Gasteiger partial charge >= 0.3 is 10.8 Å². The number of thiazole rings is 1.